The molecule has 0 atom stereocenters. The zero-order chi connectivity index (χ0) is 22.1. The molecule has 1 aromatic rings. The molecular weight excluding hydrogens is 410 g/mol. The predicted molar refractivity (Wildman–Crippen MR) is 110 cm³/mol. The molecule has 0 unspecified atom stereocenters. The van der Waals surface area contributed by atoms with E-state index in [4.69, 9.17) is 4.74 Å². The van der Waals surface area contributed by atoms with Crippen molar-refractivity contribution in [2.24, 2.45) is 5.92 Å². The molecule has 1 aromatic carbocycles. The van der Waals surface area contributed by atoms with Crippen molar-refractivity contribution in [2.75, 3.05) is 26.2 Å². The summed E-state index contributed by atoms with van der Waals surface area (Å²) in [6, 6.07) is 4.88. The van der Waals surface area contributed by atoms with Crippen LogP contribution in [0, 0.1) is 5.92 Å². The first-order valence-corrected chi connectivity index (χ1v) is 11.5. The lowest BCUT2D eigenvalue weighted by Gasteiger charge is -2.20. The Morgan fingerprint density at radius 3 is 2.40 bits per heavy atom. The molecule has 30 heavy (non-hydrogen) atoms. The number of rotatable bonds is 7. The molecule has 0 aliphatic carbocycles. The Hall–Kier alpha value is -2.46. The monoisotopic (exact) mass is 439 g/mol. The molecular formula is C20H29N3O6S. The minimum absolute atomic E-state index is 0.0105. The number of nitrogens with one attached hydrogen (secondary N) is 2. The molecule has 1 aliphatic heterocycles. The van der Waals surface area contributed by atoms with E-state index in [1.807, 2.05) is 13.8 Å². The summed E-state index contributed by atoms with van der Waals surface area (Å²) >= 11 is 0. The van der Waals surface area contributed by atoms with Crippen molar-refractivity contribution in [3.05, 3.63) is 29.8 Å². The summed E-state index contributed by atoms with van der Waals surface area (Å²) in [6.07, 6.45) is 3.60. The highest BCUT2D eigenvalue weighted by molar-refractivity contribution is 7.89. The smallest absolute Gasteiger partial charge is 0.338 e. The predicted octanol–water partition coefficient (Wildman–Crippen LogP) is 1.89. The number of hydrogen-bond acceptors (Lipinski definition) is 6. The van der Waals surface area contributed by atoms with Crippen molar-refractivity contribution in [3.63, 3.8) is 0 Å². The number of imide groups is 1. The molecule has 0 spiro atoms. The van der Waals surface area contributed by atoms with E-state index in [1.165, 1.54) is 28.6 Å². The van der Waals surface area contributed by atoms with Gasteiger partial charge in [0, 0.05) is 19.6 Å². The average Bonchev–Trinajstić information content (AvgIpc) is 3.00. The molecule has 1 saturated heterocycles. The number of carbonyl (C=O) groups excluding carboxylic acids is 3. The second-order valence-corrected chi connectivity index (χ2v) is 9.51. The van der Waals surface area contributed by atoms with Gasteiger partial charge in [0.2, 0.25) is 10.0 Å². The number of sulfonamides is 1. The highest BCUT2D eigenvalue weighted by Crippen LogP contribution is 2.21. The van der Waals surface area contributed by atoms with Gasteiger partial charge >= 0.3 is 12.0 Å². The van der Waals surface area contributed by atoms with E-state index in [0.717, 1.165) is 25.7 Å². The maximum atomic E-state index is 12.9. The normalized spacial score (nSPS) is 15.3. The summed E-state index contributed by atoms with van der Waals surface area (Å²) in [5.74, 6) is -1.40. The summed E-state index contributed by atoms with van der Waals surface area (Å²) in [6.45, 7) is 4.47. The van der Waals surface area contributed by atoms with Crippen LogP contribution in [-0.2, 0) is 19.6 Å². The number of urea groups is 1. The van der Waals surface area contributed by atoms with Crippen LogP contribution in [0.1, 0.15) is 49.9 Å². The average molecular weight is 440 g/mol. The Morgan fingerprint density at radius 1 is 1.10 bits per heavy atom. The van der Waals surface area contributed by atoms with Crippen LogP contribution in [0.2, 0.25) is 0 Å². The van der Waals surface area contributed by atoms with Crippen molar-refractivity contribution >= 4 is 27.9 Å². The van der Waals surface area contributed by atoms with Crippen molar-refractivity contribution in [3.8, 4) is 0 Å². The molecule has 0 saturated carbocycles. The zero-order valence-corrected chi connectivity index (χ0v) is 18.2. The molecule has 1 heterocycles. The highest BCUT2D eigenvalue weighted by Gasteiger charge is 2.26. The lowest BCUT2D eigenvalue weighted by Crippen LogP contribution is -2.42. The van der Waals surface area contributed by atoms with Crippen molar-refractivity contribution < 1.29 is 27.5 Å². The van der Waals surface area contributed by atoms with Gasteiger partial charge in [-0.25, -0.2) is 18.0 Å². The molecule has 9 nitrogen and oxygen atoms in total. The van der Waals surface area contributed by atoms with E-state index in [-0.39, 0.29) is 16.4 Å². The molecule has 1 fully saturated rings. The van der Waals surface area contributed by atoms with Crippen LogP contribution in [0.5, 0.6) is 0 Å². The van der Waals surface area contributed by atoms with Gasteiger partial charge in [-0.15, -0.1) is 0 Å². The van der Waals surface area contributed by atoms with Crippen molar-refractivity contribution in [1.82, 2.24) is 14.9 Å². The van der Waals surface area contributed by atoms with Crippen LogP contribution in [0.3, 0.4) is 0 Å². The zero-order valence-electron chi connectivity index (χ0n) is 17.3. The van der Waals surface area contributed by atoms with Gasteiger partial charge < -0.3 is 10.1 Å². The fourth-order valence-electron chi connectivity index (χ4n) is 2.93. The number of hydrogen-bond donors (Lipinski definition) is 2. The Balaban J connectivity index is 1.95. The van der Waals surface area contributed by atoms with Gasteiger partial charge in [-0.2, -0.15) is 4.31 Å². The van der Waals surface area contributed by atoms with Gasteiger partial charge in [0.05, 0.1) is 10.5 Å². The van der Waals surface area contributed by atoms with Crippen molar-refractivity contribution in [2.45, 2.75) is 44.4 Å². The minimum atomic E-state index is -3.71. The molecule has 3 amide bonds. The molecule has 10 heteroatoms. The number of amides is 3. The van der Waals surface area contributed by atoms with Gasteiger partial charge in [-0.1, -0.05) is 32.8 Å². The standard InChI is InChI=1S/C20H29N3O6S/c1-15(2)13-21-20(26)22-18(24)14-29-19(25)16-8-7-9-17(12-16)30(27,28)23-10-5-3-4-6-11-23/h7-9,12,15H,3-6,10-11,13-14H2,1-2H3,(H2,21,22,24,26). The number of benzene rings is 1. The highest BCUT2D eigenvalue weighted by atomic mass is 32.2. The van der Waals surface area contributed by atoms with Crippen LogP contribution in [0.4, 0.5) is 4.79 Å². The van der Waals surface area contributed by atoms with E-state index in [2.05, 4.69) is 10.6 Å². The van der Waals surface area contributed by atoms with E-state index < -0.39 is 34.5 Å². The van der Waals surface area contributed by atoms with Gasteiger partial charge in [0.25, 0.3) is 5.91 Å². The van der Waals surface area contributed by atoms with E-state index in [1.54, 1.807) is 0 Å². The lowest BCUT2D eigenvalue weighted by atomic mass is 10.2. The molecule has 2 N–H and O–H groups in total. The molecule has 0 radical (unpaired) electrons. The third-order valence-corrected chi connectivity index (χ3v) is 6.43. The number of ether oxygens (including phenoxy) is 1. The largest absolute Gasteiger partial charge is 0.452 e. The Labute approximate surface area is 177 Å². The van der Waals surface area contributed by atoms with Gasteiger partial charge in [-0.3, -0.25) is 10.1 Å². The van der Waals surface area contributed by atoms with Gasteiger partial charge in [0.15, 0.2) is 6.61 Å². The van der Waals surface area contributed by atoms with Crippen LogP contribution >= 0.6 is 0 Å². The van der Waals surface area contributed by atoms with Crippen molar-refractivity contribution in [1.29, 1.82) is 0 Å². The van der Waals surface area contributed by atoms with Crippen LogP contribution in [0.15, 0.2) is 29.2 Å². The fraction of sp³-hybridized carbons (Fsp3) is 0.550. The Kier molecular flexibility index (Phi) is 8.79. The first-order valence-electron chi connectivity index (χ1n) is 10.0. The Morgan fingerprint density at radius 2 is 1.77 bits per heavy atom. The van der Waals surface area contributed by atoms with Crippen LogP contribution < -0.4 is 10.6 Å². The summed E-state index contributed by atoms with van der Waals surface area (Å²) in [4.78, 5) is 35.6. The molecule has 1 aliphatic rings. The van der Waals surface area contributed by atoms with Crippen LogP contribution in [-0.4, -0.2) is 56.9 Å². The summed E-state index contributed by atoms with van der Waals surface area (Å²) < 4.78 is 32.1. The topological polar surface area (TPSA) is 122 Å². The summed E-state index contributed by atoms with van der Waals surface area (Å²) in [5.41, 5.74) is 0.0166. The number of nitrogens with zero attached hydrogens (tertiary/aromatic N) is 1. The first-order chi connectivity index (χ1) is 14.2. The quantitative estimate of drug-likeness (QED) is 0.626. The lowest BCUT2D eigenvalue weighted by molar-refractivity contribution is -0.123. The molecule has 0 aromatic heterocycles. The Bertz CT molecular complexity index is 861. The second-order valence-electron chi connectivity index (χ2n) is 7.57. The molecule has 2 rings (SSSR count). The number of carbonyl (C=O) groups is 3. The first kappa shape index (κ1) is 23.8. The van der Waals surface area contributed by atoms with Crippen LogP contribution in [0.25, 0.3) is 0 Å². The third-order valence-electron chi connectivity index (χ3n) is 4.53. The fourth-order valence-corrected chi connectivity index (χ4v) is 4.50. The van der Waals surface area contributed by atoms with Gasteiger partial charge in [0.1, 0.15) is 0 Å². The summed E-state index contributed by atoms with van der Waals surface area (Å²) in [7, 11) is -3.71. The maximum Gasteiger partial charge on any atom is 0.338 e. The van der Waals surface area contributed by atoms with E-state index in [9.17, 15) is 22.8 Å². The molecule has 166 valence electrons. The van der Waals surface area contributed by atoms with E-state index >= 15 is 0 Å². The third kappa shape index (κ3) is 7.10. The molecule has 0 bridgehead atoms. The summed E-state index contributed by atoms with van der Waals surface area (Å²) in [5, 5.41) is 4.57. The van der Waals surface area contributed by atoms with Gasteiger partial charge in [-0.05, 0) is 37.0 Å². The SMILES string of the molecule is CC(C)CNC(=O)NC(=O)COC(=O)c1cccc(S(=O)(=O)N2CCCCCC2)c1. The maximum absolute atomic E-state index is 12.9. The number of esters is 1. The van der Waals surface area contributed by atoms with E-state index in [0.29, 0.717) is 19.6 Å². The minimum Gasteiger partial charge on any atom is -0.452 e. The second kappa shape index (κ2) is 11.1.